The van der Waals surface area contributed by atoms with Crippen LogP contribution >= 0.6 is 0 Å². The summed E-state index contributed by atoms with van der Waals surface area (Å²) in [6, 6.07) is 10.4. The highest BCUT2D eigenvalue weighted by Crippen LogP contribution is 2.00. The number of carbonyl (C=O) groups is 1. The van der Waals surface area contributed by atoms with Gasteiger partial charge in [-0.25, -0.2) is 4.79 Å². The van der Waals surface area contributed by atoms with Gasteiger partial charge in [-0.05, 0) is 0 Å². The molecule has 0 heterocycles. The van der Waals surface area contributed by atoms with Crippen LogP contribution in [-0.2, 0) is 9.63 Å². The Hall–Kier alpha value is -2.48. The normalized spacial score (nSPS) is 10.2. The minimum atomic E-state index is -0.918. The van der Waals surface area contributed by atoms with Gasteiger partial charge in [-0.1, -0.05) is 35.5 Å². The molecule has 74 valence electrons. The Morgan fingerprint density at radius 1 is 1.47 bits per heavy atom. The summed E-state index contributed by atoms with van der Waals surface area (Å²) < 4.78 is 0. The van der Waals surface area contributed by atoms with E-state index in [-0.39, 0.29) is 5.71 Å². The summed E-state index contributed by atoms with van der Waals surface area (Å²) in [4.78, 5) is 14.9. The lowest BCUT2D eigenvalue weighted by Gasteiger charge is -1.95. The van der Waals surface area contributed by atoms with Crippen LogP contribution in [0.15, 0.2) is 35.5 Å². The molecule has 1 aromatic carbocycles. The first-order valence-corrected chi connectivity index (χ1v) is 4.03. The second-order valence-corrected chi connectivity index (χ2v) is 2.47. The summed E-state index contributed by atoms with van der Waals surface area (Å²) in [7, 11) is 0. The first-order valence-electron chi connectivity index (χ1n) is 4.03. The second kappa shape index (κ2) is 5.29. The van der Waals surface area contributed by atoms with Gasteiger partial charge in [0.25, 0.3) is 0 Å². The summed E-state index contributed by atoms with van der Waals surface area (Å²) in [5, 5.41) is 18.6. The Bertz CT molecular complexity index is 432. The number of hydrogen-bond donors (Lipinski definition) is 1. The van der Waals surface area contributed by atoms with Crippen molar-refractivity contribution in [3.05, 3.63) is 35.9 Å². The lowest BCUT2D eigenvalue weighted by Crippen LogP contribution is -2.04. The van der Waals surface area contributed by atoms with Crippen molar-refractivity contribution in [1.29, 1.82) is 10.7 Å². The van der Waals surface area contributed by atoms with Gasteiger partial charge >= 0.3 is 5.97 Å². The van der Waals surface area contributed by atoms with E-state index in [0.717, 1.165) is 0 Å². The van der Waals surface area contributed by atoms with E-state index in [4.69, 9.17) is 10.7 Å². The van der Waals surface area contributed by atoms with E-state index in [2.05, 4.69) is 9.99 Å². The third kappa shape index (κ3) is 3.04. The van der Waals surface area contributed by atoms with Crippen molar-refractivity contribution >= 4 is 17.9 Å². The van der Waals surface area contributed by atoms with Crippen LogP contribution in [0.2, 0.25) is 0 Å². The van der Waals surface area contributed by atoms with Crippen molar-refractivity contribution in [1.82, 2.24) is 0 Å². The molecule has 0 saturated carbocycles. The summed E-state index contributed by atoms with van der Waals surface area (Å²) in [5.74, 6) is -0.918. The number of benzene rings is 1. The minimum Gasteiger partial charge on any atom is -0.310 e. The van der Waals surface area contributed by atoms with Crippen molar-refractivity contribution in [3.63, 3.8) is 0 Å². The maximum atomic E-state index is 10.6. The van der Waals surface area contributed by atoms with Crippen LogP contribution in [0.25, 0.3) is 0 Å². The van der Waals surface area contributed by atoms with Gasteiger partial charge in [-0.3, -0.25) is 0 Å². The molecule has 1 rings (SSSR count). The molecular formula is C10H7N3O2. The number of carbonyl (C=O) groups excluding carboxylic acids is 1. The van der Waals surface area contributed by atoms with Crippen molar-refractivity contribution < 1.29 is 9.63 Å². The smallest absolute Gasteiger partial charge is 0.310 e. The molecule has 0 aromatic heterocycles. The Balaban J connectivity index is 2.86. The van der Waals surface area contributed by atoms with Crippen LogP contribution in [-0.4, -0.2) is 17.9 Å². The van der Waals surface area contributed by atoms with Crippen LogP contribution in [0, 0.1) is 16.7 Å². The van der Waals surface area contributed by atoms with Crippen molar-refractivity contribution in [2.45, 2.75) is 0 Å². The third-order valence-corrected chi connectivity index (χ3v) is 1.50. The third-order valence-electron chi connectivity index (χ3n) is 1.50. The van der Waals surface area contributed by atoms with Gasteiger partial charge in [0.1, 0.15) is 12.3 Å². The molecule has 5 heteroatoms. The van der Waals surface area contributed by atoms with Crippen molar-refractivity contribution in [2.24, 2.45) is 5.16 Å². The SMILES string of the molecule is N#CC(=NOC(=O)C=N)c1ccccc1. The lowest BCUT2D eigenvalue weighted by atomic mass is 10.1. The van der Waals surface area contributed by atoms with E-state index in [1.54, 1.807) is 36.4 Å². The molecule has 0 atom stereocenters. The first-order chi connectivity index (χ1) is 7.27. The van der Waals surface area contributed by atoms with Gasteiger partial charge in [-0.2, -0.15) is 5.26 Å². The number of nitriles is 1. The van der Waals surface area contributed by atoms with E-state index >= 15 is 0 Å². The van der Waals surface area contributed by atoms with Crippen molar-refractivity contribution in [2.75, 3.05) is 0 Å². The molecule has 5 nitrogen and oxygen atoms in total. The molecule has 1 N–H and O–H groups in total. The van der Waals surface area contributed by atoms with E-state index in [1.807, 2.05) is 0 Å². The maximum absolute atomic E-state index is 10.6. The van der Waals surface area contributed by atoms with E-state index in [0.29, 0.717) is 11.8 Å². The standard InChI is InChI=1S/C10H7N3O2/c11-6-9(13-15-10(14)7-12)8-4-2-1-3-5-8/h1-5,7,12H. The number of oxime groups is 1. The summed E-state index contributed by atoms with van der Waals surface area (Å²) >= 11 is 0. The fourth-order valence-corrected chi connectivity index (χ4v) is 0.851. The highest BCUT2D eigenvalue weighted by molar-refractivity contribution is 6.22. The fourth-order valence-electron chi connectivity index (χ4n) is 0.851. The van der Waals surface area contributed by atoms with Gasteiger partial charge < -0.3 is 10.2 Å². The molecule has 0 bridgehead atoms. The van der Waals surface area contributed by atoms with Crippen LogP contribution in [0.1, 0.15) is 5.56 Å². The number of rotatable bonds is 3. The molecule has 0 aliphatic carbocycles. The molecule has 0 aliphatic heterocycles. The Morgan fingerprint density at radius 3 is 2.67 bits per heavy atom. The van der Waals surface area contributed by atoms with Gasteiger partial charge in [0.15, 0.2) is 5.71 Å². The first kappa shape index (κ1) is 10.6. The van der Waals surface area contributed by atoms with Crippen molar-refractivity contribution in [3.8, 4) is 6.07 Å². The van der Waals surface area contributed by atoms with Crippen LogP contribution < -0.4 is 0 Å². The van der Waals surface area contributed by atoms with Crippen LogP contribution in [0.3, 0.4) is 0 Å². The average Bonchev–Trinajstić information content (AvgIpc) is 2.31. The topological polar surface area (TPSA) is 86.3 Å². The monoisotopic (exact) mass is 201 g/mol. The summed E-state index contributed by atoms with van der Waals surface area (Å²) in [5.41, 5.74) is 0.545. The van der Waals surface area contributed by atoms with Crippen LogP contribution in [0.4, 0.5) is 0 Å². The maximum Gasteiger partial charge on any atom is 0.375 e. The van der Waals surface area contributed by atoms with Gasteiger partial charge in [0.05, 0.1) is 0 Å². The van der Waals surface area contributed by atoms with E-state index in [1.165, 1.54) is 0 Å². The quantitative estimate of drug-likeness (QED) is 0.451. The summed E-state index contributed by atoms with van der Waals surface area (Å²) in [6.45, 7) is 0. The molecule has 0 aliphatic rings. The average molecular weight is 201 g/mol. The van der Waals surface area contributed by atoms with Gasteiger partial charge in [-0.15, -0.1) is 0 Å². The largest absolute Gasteiger partial charge is 0.375 e. The highest BCUT2D eigenvalue weighted by atomic mass is 16.7. The predicted molar refractivity (Wildman–Crippen MR) is 53.5 cm³/mol. The molecule has 0 fully saturated rings. The summed E-state index contributed by atoms with van der Waals surface area (Å²) in [6.07, 6.45) is 0.476. The molecule has 0 spiro atoms. The Kier molecular flexibility index (Phi) is 3.74. The number of hydrogen-bond acceptors (Lipinski definition) is 5. The number of nitrogens with zero attached hydrogens (tertiary/aromatic N) is 2. The zero-order chi connectivity index (χ0) is 11.1. The molecule has 0 amide bonds. The minimum absolute atomic E-state index is 0.00852. The Morgan fingerprint density at radius 2 is 2.13 bits per heavy atom. The molecule has 0 unspecified atom stereocenters. The zero-order valence-electron chi connectivity index (χ0n) is 7.68. The second-order valence-electron chi connectivity index (χ2n) is 2.47. The highest BCUT2D eigenvalue weighted by Gasteiger charge is 2.03. The molecular weight excluding hydrogens is 194 g/mol. The zero-order valence-corrected chi connectivity index (χ0v) is 7.68. The van der Waals surface area contributed by atoms with E-state index < -0.39 is 5.97 Å². The predicted octanol–water partition coefficient (Wildman–Crippen LogP) is 1.11. The van der Waals surface area contributed by atoms with Gasteiger partial charge in [0, 0.05) is 5.56 Å². The van der Waals surface area contributed by atoms with Gasteiger partial charge in [0.2, 0.25) is 0 Å². The molecule has 0 saturated heterocycles. The van der Waals surface area contributed by atoms with Crippen LogP contribution in [0.5, 0.6) is 0 Å². The molecule has 1 aromatic rings. The Labute approximate surface area is 86.1 Å². The molecule has 0 radical (unpaired) electrons. The van der Waals surface area contributed by atoms with E-state index in [9.17, 15) is 4.79 Å². The lowest BCUT2D eigenvalue weighted by molar-refractivity contribution is -0.135. The fraction of sp³-hybridized carbons (Fsp3) is 0. The molecule has 15 heavy (non-hydrogen) atoms. The number of nitrogens with one attached hydrogen (secondary N) is 1.